The number of carboxylic acid groups (broad SMARTS) is 1. The van der Waals surface area contributed by atoms with Crippen molar-refractivity contribution in [1.29, 1.82) is 0 Å². The molecule has 0 saturated carbocycles. The Hall–Kier alpha value is -6.88. The van der Waals surface area contributed by atoms with Gasteiger partial charge in [-0.05, 0) is 61.4 Å². The molecule has 5 aromatic rings. The van der Waals surface area contributed by atoms with E-state index in [2.05, 4.69) is 46.6 Å². The van der Waals surface area contributed by atoms with E-state index in [4.69, 9.17) is 28.9 Å². The number of nitrogens with one attached hydrogen (secondary N) is 4. The number of amides is 4. The number of methoxy groups -OCH3 is 2. The van der Waals surface area contributed by atoms with Crippen LogP contribution in [0.2, 0.25) is 0 Å². The lowest BCUT2D eigenvalue weighted by molar-refractivity contribution is -0.137. The number of hydrogen-bond acceptors (Lipinski definition) is 10. The number of carbonyl (C=O) groups excluding carboxylic acids is 3. The number of benzene rings is 3. The molecule has 0 unspecified atom stereocenters. The zero-order chi connectivity index (χ0) is 44.1. The Labute approximate surface area is 363 Å². The van der Waals surface area contributed by atoms with Crippen LogP contribution in [0.15, 0.2) is 67.0 Å². The lowest BCUT2D eigenvalue weighted by Crippen LogP contribution is -2.53. The molecule has 9 rings (SSSR count). The molecule has 328 valence electrons. The molecule has 2 saturated heterocycles. The lowest BCUT2D eigenvalue weighted by atomic mass is 9.87. The number of nitrogens with zero attached hydrogens (tertiary/aromatic N) is 4. The highest BCUT2D eigenvalue weighted by Crippen LogP contribution is 2.51. The maximum atomic E-state index is 14.2. The Morgan fingerprint density at radius 2 is 1.30 bits per heavy atom. The molecule has 0 spiro atoms. The van der Waals surface area contributed by atoms with Crippen molar-refractivity contribution in [3.05, 3.63) is 95.3 Å². The third-order valence-corrected chi connectivity index (χ3v) is 12.6. The smallest absolute Gasteiger partial charge is 0.407 e. The number of alkyl carbamates (subject to hydrolysis) is 1. The van der Waals surface area contributed by atoms with Gasteiger partial charge in [-0.15, -0.1) is 0 Å². The monoisotopic (exact) mass is 858 g/mol. The maximum absolute atomic E-state index is 14.2. The molecule has 7 atom stereocenters. The van der Waals surface area contributed by atoms with Gasteiger partial charge >= 0.3 is 12.2 Å². The number of hydrogen-bond donors (Lipinski definition) is 5. The van der Waals surface area contributed by atoms with E-state index in [1.165, 1.54) is 14.2 Å². The Bertz CT molecular complexity index is 2520. The van der Waals surface area contributed by atoms with Crippen LogP contribution in [0.3, 0.4) is 0 Å². The predicted molar refractivity (Wildman–Crippen MR) is 228 cm³/mol. The lowest BCUT2D eigenvalue weighted by Gasteiger charge is -2.30. The van der Waals surface area contributed by atoms with E-state index < -0.39 is 30.4 Å². The number of H-pyrrole nitrogens is 2. The average molecular weight is 859 g/mol. The van der Waals surface area contributed by atoms with Crippen LogP contribution >= 0.6 is 0 Å². The molecule has 0 aliphatic carbocycles. The molecule has 2 aromatic heterocycles. The van der Waals surface area contributed by atoms with Crippen LogP contribution in [-0.4, -0.2) is 98.3 Å². The van der Waals surface area contributed by atoms with Crippen molar-refractivity contribution in [1.82, 2.24) is 40.4 Å². The first-order valence-electron chi connectivity index (χ1n) is 21.1. The minimum absolute atomic E-state index is 0.174. The molecular weight excluding hydrogens is 809 g/mol. The molecule has 4 amide bonds. The van der Waals surface area contributed by atoms with Gasteiger partial charge in [-0.25, -0.2) is 19.6 Å². The first-order chi connectivity index (χ1) is 30.4. The standard InChI is InChI=1S/C46H50N8O9/c1-23-11-33(53(19-23)43(55)39(25(3)60-4)51-45(57)58)41-47-17-31(49-41)27-13-29-21-63-36-16-28(14-30-22-62-35(15-27)37(29)38(30)36)32-18-48-42(50-32)34-12-24(2)20-54(34)44(56)40(52-46(59)61-5)26-9-7-6-8-10-26/h6-10,13-18,23-25,33-34,39-40,51H,11-12,19-22H2,1-5H3,(H,47,49)(H,48,50)(H,52,59)(H,57,58)/t23-,24-,25+,33-,34-,39-,40+/m0/s1. The highest BCUT2D eigenvalue weighted by atomic mass is 16.5. The van der Waals surface area contributed by atoms with Crippen LogP contribution in [-0.2, 0) is 32.3 Å². The molecule has 5 N–H and O–H groups in total. The average Bonchev–Trinajstić information content (AvgIpc) is 4.12. The van der Waals surface area contributed by atoms with E-state index in [-0.39, 0.29) is 35.7 Å². The van der Waals surface area contributed by atoms with Crippen LogP contribution < -0.4 is 20.1 Å². The molecule has 63 heavy (non-hydrogen) atoms. The number of aromatic amines is 2. The van der Waals surface area contributed by atoms with Crippen molar-refractivity contribution in [2.24, 2.45) is 11.8 Å². The van der Waals surface area contributed by atoms with Gasteiger partial charge in [0.05, 0.1) is 49.1 Å². The van der Waals surface area contributed by atoms with Crippen LogP contribution in [0.4, 0.5) is 9.59 Å². The molecule has 17 nitrogen and oxygen atoms in total. The Morgan fingerprint density at radius 1 is 0.778 bits per heavy atom. The normalized spacial score (nSPS) is 21.1. The number of rotatable bonds is 11. The first-order valence-corrected chi connectivity index (χ1v) is 21.1. The predicted octanol–water partition coefficient (Wildman–Crippen LogP) is 6.51. The van der Waals surface area contributed by atoms with Crippen molar-refractivity contribution < 1.29 is 43.2 Å². The number of carbonyl (C=O) groups is 4. The van der Waals surface area contributed by atoms with Crippen molar-refractivity contribution >= 4 is 24.0 Å². The summed E-state index contributed by atoms with van der Waals surface area (Å²) in [5.41, 5.74) is 7.78. The van der Waals surface area contributed by atoms with Crippen LogP contribution in [0.25, 0.3) is 33.6 Å². The molecule has 4 aliphatic heterocycles. The fraction of sp³-hybridized carbons (Fsp3) is 0.391. The second-order valence-electron chi connectivity index (χ2n) is 17.0. The van der Waals surface area contributed by atoms with Crippen molar-refractivity contribution in [2.75, 3.05) is 27.3 Å². The summed E-state index contributed by atoms with van der Waals surface area (Å²) >= 11 is 0. The summed E-state index contributed by atoms with van der Waals surface area (Å²) < 4.78 is 23.1. The van der Waals surface area contributed by atoms with E-state index in [1.54, 1.807) is 29.1 Å². The SMILES string of the molecule is COC(=O)N[C@@H](C(=O)N1C[C@@H](C)C[C@H]1c1ncc(-c2cc3c4c(c2)OCc2cc(-c5cnc([C@@H]6C[C@H](C)CN6C(=O)[C@@H](NC(=O)O)[C@@H](C)OC)[nH]5)cc(c2-4)OC3)[nH]1)c1ccccc1. The summed E-state index contributed by atoms with van der Waals surface area (Å²) in [4.78, 5) is 71.8. The third kappa shape index (κ3) is 7.81. The van der Waals surface area contributed by atoms with Gasteiger partial charge in [-0.3, -0.25) is 9.59 Å². The summed E-state index contributed by atoms with van der Waals surface area (Å²) in [6.45, 7) is 7.40. The van der Waals surface area contributed by atoms with E-state index >= 15 is 0 Å². The van der Waals surface area contributed by atoms with Gasteiger partial charge in [0.15, 0.2) is 0 Å². The number of imidazole rings is 2. The summed E-state index contributed by atoms with van der Waals surface area (Å²) in [6.07, 6.45) is 2.23. The third-order valence-electron chi connectivity index (χ3n) is 12.6. The van der Waals surface area contributed by atoms with Gasteiger partial charge in [0.1, 0.15) is 48.4 Å². The summed E-state index contributed by atoms with van der Waals surface area (Å²) in [5.74, 6) is 2.50. The van der Waals surface area contributed by atoms with Gasteiger partial charge < -0.3 is 54.5 Å². The number of likely N-dealkylation sites (tertiary alicyclic amines) is 2. The molecule has 4 aliphatic rings. The highest BCUT2D eigenvalue weighted by Gasteiger charge is 2.42. The van der Waals surface area contributed by atoms with E-state index in [1.807, 2.05) is 42.5 Å². The molecule has 17 heteroatoms. The van der Waals surface area contributed by atoms with Gasteiger partial charge in [-0.2, -0.15) is 0 Å². The second kappa shape index (κ2) is 16.8. The molecule has 0 bridgehead atoms. The van der Waals surface area contributed by atoms with Crippen LogP contribution in [0.1, 0.15) is 80.1 Å². The summed E-state index contributed by atoms with van der Waals surface area (Å²) in [5, 5.41) is 14.5. The van der Waals surface area contributed by atoms with Gasteiger partial charge in [0, 0.05) is 53.6 Å². The fourth-order valence-corrected chi connectivity index (χ4v) is 9.50. The topological polar surface area (TPSA) is 213 Å². The molecule has 6 heterocycles. The number of ether oxygens (including phenoxy) is 4. The summed E-state index contributed by atoms with van der Waals surface area (Å²) in [6, 6.07) is 14.6. The molecule has 2 fully saturated rings. The Morgan fingerprint density at radius 3 is 1.79 bits per heavy atom. The van der Waals surface area contributed by atoms with Crippen LogP contribution in [0, 0.1) is 11.8 Å². The zero-order valence-corrected chi connectivity index (χ0v) is 35.6. The van der Waals surface area contributed by atoms with Crippen molar-refractivity contribution in [3.63, 3.8) is 0 Å². The molecule has 3 aromatic carbocycles. The minimum Gasteiger partial charge on any atom is -0.488 e. The number of aromatic nitrogens is 4. The maximum Gasteiger partial charge on any atom is 0.407 e. The second-order valence-corrected chi connectivity index (χ2v) is 17.0. The first kappa shape index (κ1) is 41.5. The summed E-state index contributed by atoms with van der Waals surface area (Å²) in [7, 11) is 2.72. The quantitative estimate of drug-likeness (QED) is 0.0966. The van der Waals surface area contributed by atoms with E-state index in [9.17, 15) is 24.3 Å². The largest absolute Gasteiger partial charge is 0.488 e. The van der Waals surface area contributed by atoms with Crippen molar-refractivity contribution in [2.45, 2.75) is 77.1 Å². The zero-order valence-electron chi connectivity index (χ0n) is 35.6. The Kier molecular flexibility index (Phi) is 11.0. The van der Waals surface area contributed by atoms with Gasteiger partial charge in [0.2, 0.25) is 5.91 Å². The van der Waals surface area contributed by atoms with Gasteiger partial charge in [-0.1, -0.05) is 44.2 Å². The minimum atomic E-state index is -1.30. The molecule has 0 radical (unpaired) electrons. The fourth-order valence-electron chi connectivity index (χ4n) is 9.50. The van der Waals surface area contributed by atoms with E-state index in [0.29, 0.717) is 56.4 Å². The molecular formula is C46H50N8O9. The highest BCUT2D eigenvalue weighted by molar-refractivity contribution is 5.90. The van der Waals surface area contributed by atoms with Gasteiger partial charge in [0.25, 0.3) is 5.91 Å². The Balaban J connectivity index is 0.956. The van der Waals surface area contributed by atoms with Crippen molar-refractivity contribution in [3.8, 4) is 45.1 Å². The van der Waals surface area contributed by atoms with Crippen LogP contribution in [0.5, 0.6) is 11.5 Å². The van der Waals surface area contributed by atoms with E-state index in [0.717, 1.165) is 56.3 Å².